The summed E-state index contributed by atoms with van der Waals surface area (Å²) in [5, 5.41) is 0. The van der Waals surface area contributed by atoms with E-state index in [-0.39, 0.29) is 0 Å². The van der Waals surface area contributed by atoms with E-state index in [0.29, 0.717) is 5.92 Å². The molecule has 1 aliphatic carbocycles. The summed E-state index contributed by atoms with van der Waals surface area (Å²) in [4.78, 5) is 0. The van der Waals surface area contributed by atoms with E-state index in [9.17, 15) is 8.78 Å². The highest BCUT2D eigenvalue weighted by molar-refractivity contribution is 6.89. The van der Waals surface area contributed by atoms with Crippen LogP contribution in [0.5, 0.6) is 0 Å². The number of hydrogen-bond acceptors (Lipinski definition) is 0. The number of benzene rings is 2. The summed E-state index contributed by atoms with van der Waals surface area (Å²) in [6.07, 6.45) is 5.14. The first kappa shape index (κ1) is 16.6. The third-order valence-corrected chi connectivity index (χ3v) is 6.27. The van der Waals surface area contributed by atoms with Crippen molar-refractivity contribution >= 4 is 18.8 Å². The molecule has 2 aromatic carbocycles. The van der Waals surface area contributed by atoms with E-state index in [1.54, 1.807) is 6.07 Å². The second kappa shape index (κ2) is 7.54. The number of halogens is 2. The van der Waals surface area contributed by atoms with Gasteiger partial charge in [-0.25, -0.2) is 8.78 Å². The van der Waals surface area contributed by atoms with Crippen LogP contribution in [0.4, 0.5) is 8.78 Å². The van der Waals surface area contributed by atoms with Crippen molar-refractivity contribution < 1.29 is 8.78 Å². The molecular weight excluding hydrogens is 322 g/mol. The summed E-state index contributed by atoms with van der Waals surface area (Å²) < 4.78 is 26.4. The standard InChI is InChI=1S/C19H19F2Si2/c20-18-10-9-17(11-19(18)21)16-7-5-15(6-8-16)14-3-1-13(2-4-14)12-23-22/h5-11,13-14H,1-4,12H2. The van der Waals surface area contributed by atoms with Crippen LogP contribution in [0, 0.1) is 17.6 Å². The van der Waals surface area contributed by atoms with Crippen molar-refractivity contribution in [3.8, 4) is 11.1 Å². The van der Waals surface area contributed by atoms with Crippen molar-refractivity contribution in [2.45, 2.75) is 37.6 Å². The molecule has 23 heavy (non-hydrogen) atoms. The van der Waals surface area contributed by atoms with Gasteiger partial charge in [-0.15, -0.1) is 0 Å². The molecule has 5 radical (unpaired) electrons. The molecule has 1 fully saturated rings. The SMILES string of the molecule is Fc1ccc(-c2ccc(C3CCC(C[Si][Si])CC3)cc2)cc1F. The van der Waals surface area contributed by atoms with Gasteiger partial charge in [0.15, 0.2) is 11.6 Å². The van der Waals surface area contributed by atoms with Crippen molar-refractivity contribution in [2.75, 3.05) is 0 Å². The summed E-state index contributed by atoms with van der Waals surface area (Å²) in [5.74, 6) is -0.0739. The Bertz CT molecular complexity index is 647. The summed E-state index contributed by atoms with van der Waals surface area (Å²) >= 11 is 0. The first-order chi connectivity index (χ1) is 11.2. The average Bonchev–Trinajstić information content (AvgIpc) is 2.59. The average molecular weight is 342 g/mol. The lowest BCUT2D eigenvalue weighted by Crippen LogP contribution is -2.14. The van der Waals surface area contributed by atoms with Crippen LogP contribution in [-0.2, 0) is 0 Å². The molecule has 0 amide bonds. The van der Waals surface area contributed by atoms with Crippen LogP contribution in [0.1, 0.15) is 37.2 Å². The third-order valence-electron chi connectivity index (χ3n) is 4.87. The zero-order valence-electron chi connectivity index (χ0n) is 13.0. The summed E-state index contributed by atoms with van der Waals surface area (Å²) in [6.45, 7) is 0. The summed E-state index contributed by atoms with van der Waals surface area (Å²) in [7, 11) is 4.48. The van der Waals surface area contributed by atoms with Crippen LogP contribution >= 0.6 is 0 Å². The van der Waals surface area contributed by atoms with E-state index in [2.05, 4.69) is 21.9 Å². The maximum Gasteiger partial charge on any atom is 0.159 e. The fourth-order valence-electron chi connectivity index (χ4n) is 3.47. The molecule has 2 aromatic rings. The molecule has 0 bridgehead atoms. The Labute approximate surface area is 142 Å². The van der Waals surface area contributed by atoms with Crippen LogP contribution in [0.25, 0.3) is 11.1 Å². The summed E-state index contributed by atoms with van der Waals surface area (Å²) in [6, 6.07) is 13.7. The molecule has 117 valence electrons. The topological polar surface area (TPSA) is 0 Å². The first-order valence-electron chi connectivity index (χ1n) is 8.12. The van der Waals surface area contributed by atoms with E-state index in [1.807, 2.05) is 12.1 Å². The number of rotatable bonds is 4. The third kappa shape index (κ3) is 3.98. The Morgan fingerprint density at radius 3 is 2.13 bits per heavy atom. The highest BCUT2D eigenvalue weighted by Crippen LogP contribution is 2.37. The van der Waals surface area contributed by atoms with Gasteiger partial charge in [0.25, 0.3) is 0 Å². The fourth-order valence-corrected chi connectivity index (χ4v) is 5.03. The molecule has 0 nitrogen and oxygen atoms in total. The Balaban J connectivity index is 1.69. The minimum absolute atomic E-state index is 0.642. The lowest BCUT2D eigenvalue weighted by molar-refractivity contribution is 0.348. The molecule has 0 saturated heterocycles. The summed E-state index contributed by atoms with van der Waals surface area (Å²) in [5.41, 5.74) is 3.02. The Morgan fingerprint density at radius 1 is 0.870 bits per heavy atom. The van der Waals surface area contributed by atoms with E-state index in [0.717, 1.165) is 26.1 Å². The van der Waals surface area contributed by atoms with Crippen LogP contribution in [-0.4, -0.2) is 18.8 Å². The van der Waals surface area contributed by atoms with Gasteiger partial charge in [-0.3, -0.25) is 0 Å². The largest absolute Gasteiger partial charge is 0.204 e. The van der Waals surface area contributed by atoms with Crippen molar-refractivity contribution in [1.29, 1.82) is 0 Å². The lowest BCUT2D eigenvalue weighted by Gasteiger charge is -2.28. The first-order valence-corrected chi connectivity index (χ1v) is 10.8. The zero-order chi connectivity index (χ0) is 16.2. The van der Waals surface area contributed by atoms with Crippen LogP contribution in [0.2, 0.25) is 6.04 Å². The molecule has 0 heterocycles. The van der Waals surface area contributed by atoms with Crippen molar-refractivity contribution in [2.24, 2.45) is 5.92 Å². The zero-order valence-corrected chi connectivity index (χ0v) is 15.0. The molecular formula is C19H19F2Si2. The second-order valence-electron chi connectivity index (χ2n) is 6.35. The van der Waals surface area contributed by atoms with Crippen LogP contribution < -0.4 is 0 Å². The fraction of sp³-hybridized carbons (Fsp3) is 0.368. The van der Waals surface area contributed by atoms with Gasteiger partial charge in [-0.05, 0) is 53.5 Å². The van der Waals surface area contributed by atoms with Crippen molar-refractivity contribution in [3.63, 3.8) is 0 Å². The molecule has 1 aliphatic rings. The molecule has 3 rings (SSSR count). The molecule has 0 aliphatic heterocycles. The molecule has 0 aromatic heterocycles. The molecule has 1 saturated carbocycles. The monoisotopic (exact) mass is 341 g/mol. The Hall–Kier alpha value is -1.27. The molecule has 0 N–H and O–H groups in total. The lowest BCUT2D eigenvalue weighted by atomic mass is 9.79. The van der Waals surface area contributed by atoms with E-state index >= 15 is 0 Å². The van der Waals surface area contributed by atoms with Gasteiger partial charge in [0.1, 0.15) is 0 Å². The predicted molar refractivity (Wildman–Crippen MR) is 92.8 cm³/mol. The van der Waals surface area contributed by atoms with Crippen LogP contribution in [0.15, 0.2) is 42.5 Å². The second-order valence-corrected chi connectivity index (χ2v) is 8.17. The Kier molecular flexibility index (Phi) is 5.43. The van der Waals surface area contributed by atoms with E-state index in [4.69, 9.17) is 0 Å². The van der Waals surface area contributed by atoms with Gasteiger partial charge in [0.05, 0.1) is 0 Å². The van der Waals surface area contributed by atoms with Gasteiger partial charge in [0.2, 0.25) is 0 Å². The molecule has 4 heteroatoms. The van der Waals surface area contributed by atoms with Gasteiger partial charge >= 0.3 is 0 Å². The molecule has 0 unspecified atom stereocenters. The van der Waals surface area contributed by atoms with Gasteiger partial charge in [0, 0.05) is 18.8 Å². The van der Waals surface area contributed by atoms with Crippen molar-refractivity contribution in [1.82, 2.24) is 0 Å². The maximum atomic E-state index is 13.4. The minimum Gasteiger partial charge on any atom is -0.204 e. The van der Waals surface area contributed by atoms with Crippen LogP contribution in [0.3, 0.4) is 0 Å². The quantitative estimate of drug-likeness (QED) is 0.678. The molecule has 0 spiro atoms. The maximum absolute atomic E-state index is 13.4. The Morgan fingerprint density at radius 2 is 1.52 bits per heavy atom. The van der Waals surface area contributed by atoms with E-state index < -0.39 is 11.6 Å². The highest BCUT2D eigenvalue weighted by Gasteiger charge is 2.21. The minimum atomic E-state index is -0.800. The van der Waals surface area contributed by atoms with E-state index in [1.165, 1.54) is 49.4 Å². The predicted octanol–water partition coefficient (Wildman–Crippen LogP) is 5.11. The van der Waals surface area contributed by atoms with Gasteiger partial charge in [-0.1, -0.05) is 49.2 Å². The van der Waals surface area contributed by atoms with Gasteiger partial charge in [-0.2, -0.15) is 0 Å². The number of hydrogen-bond donors (Lipinski definition) is 0. The van der Waals surface area contributed by atoms with Crippen molar-refractivity contribution in [3.05, 3.63) is 59.7 Å². The normalized spacial score (nSPS) is 21.3. The smallest absolute Gasteiger partial charge is 0.159 e. The highest BCUT2D eigenvalue weighted by atomic mass is 29.1. The molecule has 0 atom stereocenters. The van der Waals surface area contributed by atoms with Gasteiger partial charge < -0.3 is 0 Å².